The van der Waals surface area contributed by atoms with E-state index in [0.717, 1.165) is 49.8 Å². The molecular formula is C31H33F3N2O4. The van der Waals surface area contributed by atoms with Crippen molar-refractivity contribution in [3.8, 4) is 17.1 Å². The minimum Gasteiger partial charge on any atom is -0.497 e. The van der Waals surface area contributed by atoms with E-state index in [1.54, 1.807) is 19.2 Å². The quantitative estimate of drug-likeness (QED) is 0.281. The number of hydrogen-bond donors (Lipinski definition) is 2. The van der Waals surface area contributed by atoms with Crippen LogP contribution in [0.2, 0.25) is 0 Å². The second-order valence-electron chi connectivity index (χ2n) is 9.79. The van der Waals surface area contributed by atoms with Crippen LogP contribution in [0.4, 0.5) is 13.2 Å². The first-order chi connectivity index (χ1) is 19.2. The minimum atomic E-state index is -4.48. The molecule has 40 heavy (non-hydrogen) atoms. The van der Waals surface area contributed by atoms with E-state index in [1.165, 1.54) is 24.3 Å². The summed E-state index contributed by atoms with van der Waals surface area (Å²) in [6.45, 7) is 2.16. The van der Waals surface area contributed by atoms with Crippen molar-refractivity contribution in [2.45, 2.75) is 64.2 Å². The Morgan fingerprint density at radius 1 is 1.02 bits per heavy atom. The lowest BCUT2D eigenvalue weighted by atomic mass is 9.94. The molecule has 1 saturated carbocycles. The van der Waals surface area contributed by atoms with Gasteiger partial charge in [0.25, 0.3) is 5.91 Å². The molecule has 1 heterocycles. The molecule has 3 aromatic rings. The largest absolute Gasteiger partial charge is 0.497 e. The van der Waals surface area contributed by atoms with Gasteiger partial charge in [0.15, 0.2) is 0 Å². The van der Waals surface area contributed by atoms with Crippen LogP contribution in [0.5, 0.6) is 5.75 Å². The number of halogens is 3. The zero-order valence-electron chi connectivity index (χ0n) is 22.6. The van der Waals surface area contributed by atoms with Crippen LogP contribution >= 0.6 is 0 Å². The number of amides is 2. The minimum absolute atomic E-state index is 0.0315. The summed E-state index contributed by atoms with van der Waals surface area (Å²) >= 11 is 0. The lowest BCUT2D eigenvalue weighted by Crippen LogP contribution is -2.36. The van der Waals surface area contributed by atoms with Gasteiger partial charge in [-0.3, -0.25) is 9.59 Å². The first kappa shape index (κ1) is 29.0. The number of carbonyl (C=O) groups is 2. The van der Waals surface area contributed by atoms with Crippen LogP contribution in [-0.4, -0.2) is 25.0 Å². The van der Waals surface area contributed by atoms with Crippen molar-refractivity contribution in [3.05, 3.63) is 82.6 Å². The number of carbonyl (C=O) groups excluding carboxylic acids is 2. The second-order valence-corrected chi connectivity index (χ2v) is 9.79. The highest BCUT2D eigenvalue weighted by atomic mass is 19.4. The summed E-state index contributed by atoms with van der Waals surface area (Å²) < 4.78 is 50.7. The maximum atomic E-state index is 13.5. The molecule has 1 aliphatic rings. The van der Waals surface area contributed by atoms with Gasteiger partial charge in [0, 0.05) is 29.8 Å². The van der Waals surface area contributed by atoms with E-state index < -0.39 is 11.7 Å². The van der Waals surface area contributed by atoms with E-state index in [4.69, 9.17) is 9.15 Å². The molecule has 0 aliphatic heterocycles. The molecule has 1 aliphatic carbocycles. The van der Waals surface area contributed by atoms with Gasteiger partial charge in [-0.1, -0.05) is 50.5 Å². The van der Waals surface area contributed by atoms with Gasteiger partial charge in [-0.05, 0) is 55.2 Å². The maximum absolute atomic E-state index is 13.5. The lowest BCUT2D eigenvalue weighted by molar-refractivity contribution is -0.137. The summed E-state index contributed by atoms with van der Waals surface area (Å²) in [4.78, 5) is 26.1. The van der Waals surface area contributed by atoms with Gasteiger partial charge in [0.2, 0.25) is 5.91 Å². The Labute approximate surface area is 231 Å². The molecule has 4 rings (SSSR count). The molecule has 0 unspecified atom stereocenters. The fraction of sp³-hybridized carbons (Fsp3) is 0.355. The molecule has 0 spiro atoms. The van der Waals surface area contributed by atoms with Crippen molar-refractivity contribution in [1.82, 2.24) is 10.6 Å². The Bertz CT molecular complexity index is 1340. The first-order valence-electron chi connectivity index (χ1n) is 13.4. The smallest absolute Gasteiger partial charge is 0.416 e. The van der Waals surface area contributed by atoms with Crippen LogP contribution in [0.3, 0.4) is 0 Å². The summed E-state index contributed by atoms with van der Waals surface area (Å²) in [6, 6.07) is 11.9. The van der Waals surface area contributed by atoms with Crippen LogP contribution in [0, 0.1) is 0 Å². The van der Waals surface area contributed by atoms with E-state index in [9.17, 15) is 22.8 Å². The number of ether oxygens (including phenoxy) is 1. The fourth-order valence-electron chi connectivity index (χ4n) is 4.87. The topological polar surface area (TPSA) is 80.6 Å². The van der Waals surface area contributed by atoms with Gasteiger partial charge in [0.05, 0.1) is 18.2 Å². The predicted molar refractivity (Wildman–Crippen MR) is 147 cm³/mol. The summed E-state index contributed by atoms with van der Waals surface area (Å²) in [5, 5.41) is 5.89. The van der Waals surface area contributed by atoms with Crippen LogP contribution < -0.4 is 15.4 Å². The first-order valence-corrected chi connectivity index (χ1v) is 13.4. The average Bonchev–Trinajstić information content (AvgIpc) is 3.34. The zero-order chi connectivity index (χ0) is 28.7. The van der Waals surface area contributed by atoms with Crippen molar-refractivity contribution in [1.29, 1.82) is 0 Å². The lowest BCUT2D eigenvalue weighted by Gasteiger charge is -2.23. The molecule has 0 bridgehead atoms. The summed E-state index contributed by atoms with van der Waals surface area (Å²) in [7, 11) is 1.58. The molecule has 0 radical (unpaired) electrons. The Balaban J connectivity index is 1.60. The van der Waals surface area contributed by atoms with E-state index in [-0.39, 0.29) is 29.2 Å². The SMILES string of the molecule is CCc1c(/C=C/C(=O)NCc2ccc(OC)cc2)oc(-c2ccc(C(F)(F)F)cc2)c1C(=O)NC1CCCCC1. The van der Waals surface area contributed by atoms with E-state index >= 15 is 0 Å². The molecule has 1 fully saturated rings. The molecule has 0 saturated heterocycles. The molecule has 6 nitrogen and oxygen atoms in total. The van der Waals surface area contributed by atoms with Crippen molar-refractivity contribution in [3.63, 3.8) is 0 Å². The molecular weight excluding hydrogens is 521 g/mol. The molecule has 9 heteroatoms. The summed E-state index contributed by atoms with van der Waals surface area (Å²) in [5.74, 6) is 0.514. The normalized spacial score (nSPS) is 14.3. The van der Waals surface area contributed by atoms with Crippen molar-refractivity contribution in [2.75, 3.05) is 7.11 Å². The fourth-order valence-corrected chi connectivity index (χ4v) is 4.87. The summed E-state index contributed by atoms with van der Waals surface area (Å²) in [6.07, 6.45) is 3.70. The van der Waals surface area contributed by atoms with Gasteiger partial charge in [-0.2, -0.15) is 13.2 Å². The van der Waals surface area contributed by atoms with Gasteiger partial charge in [-0.15, -0.1) is 0 Å². The molecule has 0 atom stereocenters. The Kier molecular flexibility index (Phi) is 9.34. The Morgan fingerprint density at radius 3 is 2.30 bits per heavy atom. The molecule has 2 N–H and O–H groups in total. The third-order valence-electron chi connectivity index (χ3n) is 7.05. The highest BCUT2D eigenvalue weighted by Gasteiger charge is 2.31. The van der Waals surface area contributed by atoms with Crippen molar-refractivity contribution < 1.29 is 31.9 Å². The zero-order valence-corrected chi connectivity index (χ0v) is 22.6. The van der Waals surface area contributed by atoms with E-state index in [1.807, 2.05) is 19.1 Å². The standard InChI is InChI=1S/C31H33F3N2O4/c1-3-25-26(17-18-27(37)35-19-20-9-15-24(39-2)16-10-20)40-29(21-11-13-22(14-12-21)31(32,33)34)28(25)30(38)36-23-7-5-4-6-8-23/h9-18,23H,3-8,19H2,1-2H3,(H,35,37)(H,36,38)/b18-17+. The Morgan fingerprint density at radius 2 is 1.70 bits per heavy atom. The number of benzene rings is 2. The molecule has 2 amide bonds. The second kappa shape index (κ2) is 12.9. The van der Waals surface area contributed by atoms with E-state index in [0.29, 0.717) is 35.6 Å². The monoisotopic (exact) mass is 554 g/mol. The van der Waals surface area contributed by atoms with Gasteiger partial charge >= 0.3 is 6.18 Å². The number of rotatable bonds is 9. The third-order valence-corrected chi connectivity index (χ3v) is 7.05. The number of hydrogen-bond acceptors (Lipinski definition) is 4. The van der Waals surface area contributed by atoms with E-state index in [2.05, 4.69) is 10.6 Å². The number of nitrogens with one attached hydrogen (secondary N) is 2. The number of methoxy groups -OCH3 is 1. The maximum Gasteiger partial charge on any atom is 0.416 e. The number of furan rings is 1. The van der Waals surface area contributed by atoms with Gasteiger partial charge in [0.1, 0.15) is 17.3 Å². The highest BCUT2D eigenvalue weighted by molar-refractivity contribution is 6.02. The molecule has 2 aromatic carbocycles. The molecule has 212 valence electrons. The van der Waals surface area contributed by atoms with Crippen LogP contribution in [0.15, 0.2) is 59.0 Å². The predicted octanol–water partition coefficient (Wildman–Crippen LogP) is 6.93. The van der Waals surface area contributed by atoms with Crippen molar-refractivity contribution >= 4 is 17.9 Å². The van der Waals surface area contributed by atoms with Gasteiger partial charge in [-0.25, -0.2) is 0 Å². The molecule has 1 aromatic heterocycles. The van der Waals surface area contributed by atoms with Gasteiger partial charge < -0.3 is 19.8 Å². The highest BCUT2D eigenvalue weighted by Crippen LogP contribution is 2.36. The van der Waals surface area contributed by atoms with Crippen LogP contribution in [0.1, 0.15) is 71.8 Å². The van der Waals surface area contributed by atoms with Crippen molar-refractivity contribution in [2.24, 2.45) is 0 Å². The van der Waals surface area contributed by atoms with Crippen LogP contribution in [0.25, 0.3) is 17.4 Å². The third kappa shape index (κ3) is 7.14. The Hall–Kier alpha value is -4.01. The summed E-state index contributed by atoms with van der Waals surface area (Å²) in [5.41, 5.74) is 1.31. The average molecular weight is 555 g/mol. The number of alkyl halides is 3. The van der Waals surface area contributed by atoms with Crippen LogP contribution in [-0.2, 0) is 23.9 Å².